The maximum Gasteiger partial charge on any atom is 0.126 e. The van der Waals surface area contributed by atoms with Gasteiger partial charge in [0.2, 0.25) is 0 Å². The molecule has 0 aromatic heterocycles. The van der Waals surface area contributed by atoms with E-state index in [0.717, 1.165) is 19.1 Å². The van der Waals surface area contributed by atoms with Gasteiger partial charge >= 0.3 is 0 Å². The third-order valence-electron chi connectivity index (χ3n) is 3.33. The van der Waals surface area contributed by atoms with Crippen LogP contribution in [0.25, 0.3) is 0 Å². The summed E-state index contributed by atoms with van der Waals surface area (Å²) in [6, 6.07) is 3.91. The monoisotopic (exact) mass is 241 g/mol. The van der Waals surface area contributed by atoms with Crippen molar-refractivity contribution in [2.75, 3.05) is 20.3 Å². The lowest BCUT2D eigenvalue weighted by atomic mass is 9.89. The first-order valence-corrected chi connectivity index (χ1v) is 5.89. The van der Waals surface area contributed by atoms with Crippen LogP contribution in [0.5, 0.6) is 0 Å². The summed E-state index contributed by atoms with van der Waals surface area (Å²) in [7, 11) is 1.89. The summed E-state index contributed by atoms with van der Waals surface area (Å²) < 4.78 is 32.0. The van der Waals surface area contributed by atoms with Gasteiger partial charge in [0.25, 0.3) is 0 Å². The van der Waals surface area contributed by atoms with Crippen molar-refractivity contribution < 1.29 is 13.5 Å². The summed E-state index contributed by atoms with van der Waals surface area (Å²) in [5.74, 6) is -0.531. The van der Waals surface area contributed by atoms with E-state index in [1.807, 2.05) is 7.05 Å². The second-order valence-corrected chi connectivity index (χ2v) is 4.46. The van der Waals surface area contributed by atoms with Crippen LogP contribution in [-0.2, 0) is 11.2 Å². The Morgan fingerprint density at radius 1 is 1.41 bits per heavy atom. The van der Waals surface area contributed by atoms with Crippen LogP contribution in [0.4, 0.5) is 8.78 Å². The van der Waals surface area contributed by atoms with E-state index in [9.17, 15) is 8.78 Å². The fourth-order valence-corrected chi connectivity index (χ4v) is 2.36. The summed E-state index contributed by atoms with van der Waals surface area (Å²) in [5, 5.41) is 3.21. The molecule has 2 unspecified atom stereocenters. The highest BCUT2D eigenvalue weighted by molar-refractivity contribution is 5.19. The van der Waals surface area contributed by atoms with Crippen LogP contribution < -0.4 is 5.32 Å². The van der Waals surface area contributed by atoms with Crippen LogP contribution >= 0.6 is 0 Å². The zero-order valence-corrected chi connectivity index (χ0v) is 9.88. The van der Waals surface area contributed by atoms with E-state index in [2.05, 4.69) is 5.32 Å². The van der Waals surface area contributed by atoms with Crippen molar-refractivity contribution in [1.82, 2.24) is 5.32 Å². The first-order chi connectivity index (χ1) is 8.20. The van der Waals surface area contributed by atoms with Gasteiger partial charge in [-0.1, -0.05) is 0 Å². The Kier molecular flexibility index (Phi) is 4.07. The summed E-state index contributed by atoms with van der Waals surface area (Å²) in [5.41, 5.74) is 0.431. The molecule has 1 fully saturated rings. The smallest absolute Gasteiger partial charge is 0.126 e. The molecule has 0 radical (unpaired) electrons. The van der Waals surface area contributed by atoms with Crippen LogP contribution in [0.15, 0.2) is 18.2 Å². The molecule has 0 spiro atoms. The fraction of sp³-hybridized carbons (Fsp3) is 0.538. The van der Waals surface area contributed by atoms with Crippen LogP contribution in [-0.4, -0.2) is 26.3 Å². The van der Waals surface area contributed by atoms with Gasteiger partial charge in [0, 0.05) is 18.6 Å². The Bertz CT molecular complexity index is 384. The zero-order valence-electron chi connectivity index (χ0n) is 9.88. The topological polar surface area (TPSA) is 21.3 Å². The molecule has 1 saturated heterocycles. The Hall–Kier alpha value is -1.00. The maximum atomic E-state index is 13.5. The Labute approximate surface area is 100.0 Å². The Morgan fingerprint density at radius 3 is 3.00 bits per heavy atom. The molecule has 1 aliphatic heterocycles. The molecule has 94 valence electrons. The van der Waals surface area contributed by atoms with Crippen molar-refractivity contribution in [1.29, 1.82) is 0 Å². The van der Waals surface area contributed by atoms with Crippen LogP contribution in [0.2, 0.25) is 0 Å². The number of hydrogen-bond donors (Lipinski definition) is 1. The molecule has 2 atom stereocenters. The molecule has 0 aliphatic carbocycles. The molecule has 17 heavy (non-hydrogen) atoms. The Morgan fingerprint density at radius 2 is 2.24 bits per heavy atom. The molecule has 2 nitrogen and oxygen atoms in total. The lowest BCUT2D eigenvalue weighted by Gasteiger charge is -2.31. The van der Waals surface area contributed by atoms with Crippen molar-refractivity contribution in [3.8, 4) is 0 Å². The zero-order chi connectivity index (χ0) is 12.3. The van der Waals surface area contributed by atoms with Crippen LogP contribution in [0.1, 0.15) is 12.0 Å². The predicted molar refractivity (Wildman–Crippen MR) is 61.8 cm³/mol. The summed E-state index contributed by atoms with van der Waals surface area (Å²) in [6.45, 7) is 1.33. The molecule has 1 aliphatic rings. The average Bonchev–Trinajstić information content (AvgIpc) is 2.34. The quantitative estimate of drug-likeness (QED) is 0.875. The summed E-state index contributed by atoms with van der Waals surface area (Å²) >= 11 is 0. The highest BCUT2D eigenvalue weighted by Gasteiger charge is 2.25. The molecule has 1 heterocycles. The summed E-state index contributed by atoms with van der Waals surface area (Å²) in [4.78, 5) is 0. The minimum absolute atomic E-state index is 0.199. The third kappa shape index (κ3) is 3.01. The SMILES string of the molecule is CNC1CCOCC1Cc1cc(F)ccc1F. The molecule has 0 bridgehead atoms. The minimum Gasteiger partial charge on any atom is -0.381 e. The minimum atomic E-state index is -0.390. The number of hydrogen-bond acceptors (Lipinski definition) is 2. The van der Waals surface area contributed by atoms with Crippen LogP contribution in [0, 0.1) is 17.6 Å². The van der Waals surface area contributed by atoms with Crippen molar-refractivity contribution >= 4 is 0 Å². The van der Waals surface area contributed by atoms with E-state index in [4.69, 9.17) is 4.74 Å². The molecule has 0 amide bonds. The molecule has 1 aromatic carbocycles. The molecule has 1 aromatic rings. The van der Waals surface area contributed by atoms with E-state index in [-0.39, 0.29) is 17.6 Å². The maximum absolute atomic E-state index is 13.5. The molecule has 2 rings (SSSR count). The van der Waals surface area contributed by atoms with Crippen molar-refractivity contribution in [2.45, 2.75) is 18.9 Å². The van der Waals surface area contributed by atoms with Gasteiger partial charge in [-0.2, -0.15) is 0 Å². The van der Waals surface area contributed by atoms with E-state index in [1.165, 1.54) is 12.1 Å². The standard InChI is InChI=1S/C13H17F2NO/c1-16-13-4-5-17-8-10(13)6-9-7-11(14)2-3-12(9)15/h2-3,7,10,13,16H,4-6,8H2,1H3. The Balaban J connectivity index is 2.10. The average molecular weight is 241 g/mol. The van der Waals surface area contributed by atoms with Gasteiger partial charge in [0.05, 0.1) is 6.61 Å². The first-order valence-electron chi connectivity index (χ1n) is 5.89. The molecule has 4 heteroatoms. The lowest BCUT2D eigenvalue weighted by Crippen LogP contribution is -2.42. The van der Waals surface area contributed by atoms with Gasteiger partial charge in [-0.15, -0.1) is 0 Å². The van der Waals surface area contributed by atoms with Gasteiger partial charge < -0.3 is 10.1 Å². The number of ether oxygens (including phenoxy) is 1. The fourth-order valence-electron chi connectivity index (χ4n) is 2.36. The number of nitrogens with one attached hydrogen (secondary N) is 1. The molecule has 0 saturated carbocycles. The van der Waals surface area contributed by atoms with E-state index < -0.39 is 0 Å². The third-order valence-corrected chi connectivity index (χ3v) is 3.33. The highest BCUT2D eigenvalue weighted by Crippen LogP contribution is 2.21. The van der Waals surface area contributed by atoms with Crippen molar-refractivity contribution in [2.24, 2.45) is 5.92 Å². The number of rotatable bonds is 3. The van der Waals surface area contributed by atoms with Gasteiger partial charge in [-0.05, 0) is 43.7 Å². The second-order valence-electron chi connectivity index (χ2n) is 4.46. The van der Waals surface area contributed by atoms with E-state index in [0.29, 0.717) is 24.6 Å². The molecular weight excluding hydrogens is 224 g/mol. The van der Waals surface area contributed by atoms with Crippen molar-refractivity contribution in [3.05, 3.63) is 35.4 Å². The van der Waals surface area contributed by atoms with E-state index >= 15 is 0 Å². The van der Waals surface area contributed by atoms with Gasteiger partial charge in [0.1, 0.15) is 11.6 Å². The van der Waals surface area contributed by atoms with Crippen molar-refractivity contribution in [3.63, 3.8) is 0 Å². The molecule has 1 N–H and O–H groups in total. The predicted octanol–water partition coefficient (Wildman–Crippen LogP) is 2.13. The normalized spacial score (nSPS) is 24.9. The van der Waals surface area contributed by atoms with Gasteiger partial charge in [-0.3, -0.25) is 0 Å². The van der Waals surface area contributed by atoms with E-state index in [1.54, 1.807) is 0 Å². The highest BCUT2D eigenvalue weighted by atomic mass is 19.1. The lowest BCUT2D eigenvalue weighted by molar-refractivity contribution is 0.0339. The number of benzene rings is 1. The van der Waals surface area contributed by atoms with Gasteiger partial charge in [-0.25, -0.2) is 8.78 Å². The largest absolute Gasteiger partial charge is 0.381 e. The first kappa shape index (κ1) is 12.5. The van der Waals surface area contributed by atoms with Gasteiger partial charge in [0.15, 0.2) is 0 Å². The van der Waals surface area contributed by atoms with Crippen LogP contribution in [0.3, 0.4) is 0 Å². The summed E-state index contributed by atoms with van der Waals surface area (Å²) in [6.07, 6.45) is 1.42. The molecular formula is C13H17F2NO. The number of halogens is 2. The second kappa shape index (κ2) is 5.56.